The first-order valence-electron chi connectivity index (χ1n) is 12.9. The molecule has 7 atom stereocenters. The smallest absolute Gasteiger partial charge is 0.306 e. The van der Waals surface area contributed by atoms with Gasteiger partial charge in [0.1, 0.15) is 5.60 Å². The van der Waals surface area contributed by atoms with Gasteiger partial charge in [0, 0.05) is 30.4 Å². The SMILES string of the molecule is [2H]C([2H])([2H])S[C@@H]1CC2=CC(=O)CC[C@]2(C)C2CC[C@@]3(C)C(CC([2H])([2H])[C@@]34CCC(=O)O4)C21. The molecule has 4 aliphatic carbocycles. The van der Waals surface area contributed by atoms with Crippen LogP contribution in [-0.2, 0) is 14.3 Å². The molecule has 5 aliphatic rings. The minimum Gasteiger partial charge on any atom is -0.458 e. The molecule has 0 radical (unpaired) electrons. The van der Waals surface area contributed by atoms with Gasteiger partial charge in [0.2, 0.25) is 0 Å². The van der Waals surface area contributed by atoms with Crippen LogP contribution in [0.3, 0.4) is 0 Å². The van der Waals surface area contributed by atoms with Gasteiger partial charge in [0.15, 0.2) is 5.78 Å². The maximum atomic E-state index is 12.2. The lowest BCUT2D eigenvalue weighted by atomic mass is 9.46. The Hall–Kier alpha value is -0.770. The van der Waals surface area contributed by atoms with Crippen molar-refractivity contribution in [2.75, 3.05) is 6.18 Å². The van der Waals surface area contributed by atoms with Crippen LogP contribution in [-0.4, -0.2) is 28.8 Å². The predicted molar refractivity (Wildman–Crippen MR) is 107 cm³/mol. The van der Waals surface area contributed by atoms with E-state index in [1.54, 1.807) is 6.08 Å². The van der Waals surface area contributed by atoms with E-state index in [4.69, 9.17) is 11.6 Å². The fourth-order valence-electron chi connectivity index (χ4n) is 7.40. The van der Waals surface area contributed by atoms with Gasteiger partial charge < -0.3 is 4.74 Å². The van der Waals surface area contributed by atoms with Crippen molar-refractivity contribution in [1.82, 2.24) is 0 Å². The van der Waals surface area contributed by atoms with Gasteiger partial charge in [-0.3, -0.25) is 9.59 Å². The second kappa shape index (κ2) is 5.87. The highest BCUT2D eigenvalue weighted by Gasteiger charge is 2.68. The first kappa shape index (κ1) is 13.5. The molecule has 1 heterocycles. The van der Waals surface area contributed by atoms with Crippen LogP contribution in [0.1, 0.15) is 78.4 Å². The Balaban J connectivity index is 1.61. The molecule has 3 unspecified atom stereocenters. The third kappa shape index (κ3) is 2.28. The number of hydrogen-bond acceptors (Lipinski definition) is 4. The van der Waals surface area contributed by atoms with Gasteiger partial charge in [-0.25, -0.2) is 0 Å². The number of hydrogen-bond donors (Lipinski definition) is 0. The van der Waals surface area contributed by atoms with Crippen LogP contribution in [0.25, 0.3) is 0 Å². The average Bonchev–Trinajstić information content (AvgIpc) is 3.14. The quantitative estimate of drug-likeness (QED) is 0.592. The third-order valence-corrected chi connectivity index (χ3v) is 9.78. The van der Waals surface area contributed by atoms with Crippen LogP contribution in [0.4, 0.5) is 0 Å². The molecule has 3 saturated carbocycles. The summed E-state index contributed by atoms with van der Waals surface area (Å²) < 4.78 is 47.7. The largest absolute Gasteiger partial charge is 0.458 e. The minimum atomic E-state index is -2.16. The minimum absolute atomic E-state index is 0.0169. The molecule has 1 aliphatic heterocycles. The van der Waals surface area contributed by atoms with Crippen LogP contribution >= 0.6 is 11.8 Å². The Morgan fingerprint density at radius 1 is 1.19 bits per heavy atom. The standard InChI is InChI=1S/C23H32O3S/c1-21-8-4-15(24)12-14(21)13-18(27-3)20-16(21)5-9-22(2)17(20)6-10-23(22)11-7-19(25)26-23/h12,16-18,20H,4-11,13H2,1-3H3/t16?,17?,18-,20?,21+,22+,23-/m1/s1/i3D3,10D2. The Bertz CT molecular complexity index is 901. The Labute approximate surface area is 174 Å². The molecule has 4 heteroatoms. The summed E-state index contributed by atoms with van der Waals surface area (Å²) in [5, 5.41) is -0.203. The van der Waals surface area contributed by atoms with Gasteiger partial charge in [-0.1, -0.05) is 19.4 Å². The zero-order valence-corrected chi connectivity index (χ0v) is 17.0. The number of carbonyl (C=O) groups excluding carboxylic acids is 2. The fraction of sp³-hybridized carbons (Fsp3) is 0.826. The van der Waals surface area contributed by atoms with Crippen molar-refractivity contribution in [3.8, 4) is 0 Å². The molecule has 27 heavy (non-hydrogen) atoms. The van der Waals surface area contributed by atoms with E-state index < -0.39 is 23.6 Å². The molecule has 5 rings (SSSR count). The zero-order chi connectivity index (χ0) is 23.3. The number of carbonyl (C=O) groups is 2. The van der Waals surface area contributed by atoms with Gasteiger partial charge >= 0.3 is 5.97 Å². The number of thioether (sulfide) groups is 1. The van der Waals surface area contributed by atoms with E-state index in [2.05, 4.69) is 13.8 Å². The van der Waals surface area contributed by atoms with E-state index in [1.807, 2.05) is 0 Å². The van der Waals surface area contributed by atoms with E-state index in [9.17, 15) is 9.59 Å². The van der Waals surface area contributed by atoms with Crippen LogP contribution in [0.5, 0.6) is 0 Å². The second-order valence-corrected chi connectivity index (χ2v) is 10.7. The number of ketones is 1. The van der Waals surface area contributed by atoms with E-state index in [0.29, 0.717) is 25.7 Å². The highest BCUT2D eigenvalue weighted by Crippen LogP contribution is 2.70. The number of allylic oxidation sites excluding steroid dienone is 1. The van der Waals surface area contributed by atoms with Crippen LogP contribution < -0.4 is 0 Å². The lowest BCUT2D eigenvalue weighted by Gasteiger charge is -2.61. The first-order valence-corrected chi connectivity index (χ1v) is 11.2. The van der Waals surface area contributed by atoms with Crippen LogP contribution in [0.15, 0.2) is 11.6 Å². The topological polar surface area (TPSA) is 43.4 Å². The molecule has 4 fully saturated rings. The van der Waals surface area contributed by atoms with Crippen molar-refractivity contribution < 1.29 is 21.2 Å². The number of ether oxygens (including phenoxy) is 1. The van der Waals surface area contributed by atoms with Crippen LogP contribution in [0, 0.1) is 28.6 Å². The molecule has 0 aromatic heterocycles. The number of fused-ring (bicyclic) bond motifs is 6. The Morgan fingerprint density at radius 3 is 2.78 bits per heavy atom. The monoisotopic (exact) mass is 393 g/mol. The number of rotatable bonds is 1. The summed E-state index contributed by atoms with van der Waals surface area (Å²) in [6.07, 6.45) is 2.38. The van der Waals surface area contributed by atoms with E-state index in [1.165, 1.54) is 0 Å². The highest BCUT2D eigenvalue weighted by molar-refractivity contribution is 7.99. The second-order valence-electron chi connectivity index (χ2n) is 9.84. The molecular weight excluding hydrogens is 356 g/mol. The molecule has 0 aromatic carbocycles. The van der Waals surface area contributed by atoms with E-state index in [0.717, 1.165) is 36.6 Å². The maximum Gasteiger partial charge on any atom is 0.306 e. The van der Waals surface area contributed by atoms with Gasteiger partial charge in [0.05, 0.1) is 0 Å². The molecule has 3 nitrogen and oxygen atoms in total. The lowest BCUT2D eigenvalue weighted by Crippen LogP contribution is -2.57. The predicted octanol–water partition coefficient (Wildman–Crippen LogP) is 4.94. The Kier molecular flexibility index (Phi) is 2.93. The summed E-state index contributed by atoms with van der Waals surface area (Å²) in [6, 6.07) is 0. The van der Waals surface area contributed by atoms with Gasteiger partial charge in [0.25, 0.3) is 0 Å². The summed E-state index contributed by atoms with van der Waals surface area (Å²) in [7, 11) is 0. The molecular formula is C23H32O3S. The first-order chi connectivity index (χ1) is 14.7. The fourth-order valence-corrected chi connectivity index (χ4v) is 8.20. The van der Waals surface area contributed by atoms with Crippen molar-refractivity contribution in [2.24, 2.45) is 28.6 Å². The normalized spacial score (nSPS) is 56.5. The summed E-state index contributed by atoms with van der Waals surface area (Å²) >= 11 is 1.02. The molecule has 1 spiro atoms. The summed E-state index contributed by atoms with van der Waals surface area (Å²) in [5.74, 6) is -0.0287. The highest BCUT2D eigenvalue weighted by atomic mass is 32.2. The zero-order valence-electron chi connectivity index (χ0n) is 21.2. The van der Waals surface area contributed by atoms with E-state index in [-0.39, 0.29) is 46.6 Å². The maximum absolute atomic E-state index is 12.2. The van der Waals surface area contributed by atoms with Crippen molar-refractivity contribution >= 4 is 23.5 Å². The van der Waals surface area contributed by atoms with Gasteiger partial charge in [-0.15, -0.1) is 0 Å². The van der Waals surface area contributed by atoms with Crippen molar-refractivity contribution in [3.63, 3.8) is 0 Å². The Morgan fingerprint density at radius 2 is 2.04 bits per heavy atom. The van der Waals surface area contributed by atoms with Crippen molar-refractivity contribution in [1.29, 1.82) is 0 Å². The third-order valence-electron chi connectivity index (χ3n) is 9.00. The summed E-state index contributed by atoms with van der Waals surface area (Å²) in [5.41, 5.74) is -0.704. The molecule has 148 valence electrons. The molecule has 1 saturated heterocycles. The lowest BCUT2D eigenvalue weighted by molar-refractivity contribution is -0.167. The van der Waals surface area contributed by atoms with Crippen molar-refractivity contribution in [2.45, 2.75) is 82.4 Å². The average molecular weight is 394 g/mol. The van der Waals surface area contributed by atoms with Crippen molar-refractivity contribution in [3.05, 3.63) is 11.6 Å². The molecule has 0 aromatic rings. The van der Waals surface area contributed by atoms with Gasteiger partial charge in [-0.2, -0.15) is 11.8 Å². The molecule has 0 amide bonds. The summed E-state index contributed by atoms with van der Waals surface area (Å²) in [6.45, 7) is 4.32. The van der Waals surface area contributed by atoms with E-state index >= 15 is 0 Å². The molecule has 0 bridgehead atoms. The van der Waals surface area contributed by atoms with Crippen LogP contribution in [0.2, 0.25) is 0 Å². The summed E-state index contributed by atoms with van der Waals surface area (Å²) in [4.78, 5) is 24.4. The number of esters is 1. The molecule has 0 N–H and O–H groups in total. The van der Waals surface area contributed by atoms with Gasteiger partial charge in [-0.05, 0) is 80.3 Å².